The summed E-state index contributed by atoms with van der Waals surface area (Å²) >= 11 is 0. The highest BCUT2D eigenvalue weighted by atomic mass is 16.5. The third kappa shape index (κ3) is 6.06. The van der Waals surface area contributed by atoms with E-state index in [9.17, 15) is 9.59 Å². The van der Waals surface area contributed by atoms with Gasteiger partial charge in [0.05, 0.1) is 19.7 Å². The fourth-order valence-electron chi connectivity index (χ4n) is 3.70. The fraction of sp³-hybridized carbons (Fsp3) is 0.417. The van der Waals surface area contributed by atoms with E-state index < -0.39 is 0 Å². The monoisotopic (exact) mass is 424 g/mol. The van der Waals surface area contributed by atoms with E-state index in [4.69, 9.17) is 4.74 Å². The summed E-state index contributed by atoms with van der Waals surface area (Å²) < 4.78 is 5.21. The number of nitrogens with one attached hydrogen (secondary N) is 2. The van der Waals surface area contributed by atoms with Crippen LogP contribution in [0.3, 0.4) is 0 Å². The Kier molecular flexibility index (Phi) is 7.65. The molecule has 0 spiro atoms. The maximum Gasteiger partial charge on any atom is 0.241 e. The minimum atomic E-state index is -0.253. The summed E-state index contributed by atoms with van der Waals surface area (Å²) in [6, 6.07) is 13.0. The topological polar surface area (TPSA) is 73.9 Å². The van der Waals surface area contributed by atoms with Crippen LogP contribution >= 0.6 is 0 Å². The number of carbonyl (C=O) groups is 2. The van der Waals surface area contributed by atoms with Crippen LogP contribution < -0.4 is 15.4 Å². The van der Waals surface area contributed by atoms with E-state index in [0.717, 1.165) is 48.7 Å². The molecule has 1 atom stereocenters. The van der Waals surface area contributed by atoms with E-state index in [0.29, 0.717) is 12.3 Å². The van der Waals surface area contributed by atoms with Crippen molar-refractivity contribution in [3.63, 3.8) is 0 Å². The number of benzene rings is 2. The minimum Gasteiger partial charge on any atom is -0.497 e. The average Bonchev–Trinajstić information content (AvgIpc) is 2.77. The van der Waals surface area contributed by atoms with Crippen LogP contribution in [-0.2, 0) is 9.59 Å². The molecule has 1 aliphatic heterocycles. The lowest BCUT2D eigenvalue weighted by molar-refractivity contribution is -0.122. The number of methoxy groups -OCH3 is 1. The number of ether oxygens (including phenoxy) is 1. The first kappa shape index (κ1) is 22.8. The summed E-state index contributed by atoms with van der Waals surface area (Å²) in [5.41, 5.74) is 3.84. The average molecular weight is 425 g/mol. The number of aryl methyl sites for hydroxylation is 1. The normalized spacial score (nSPS) is 15.9. The molecule has 2 amide bonds. The molecule has 7 nitrogen and oxygen atoms in total. The van der Waals surface area contributed by atoms with Crippen LogP contribution in [-0.4, -0.2) is 67.5 Å². The Morgan fingerprint density at radius 3 is 2.45 bits per heavy atom. The highest BCUT2D eigenvalue weighted by Crippen LogP contribution is 2.19. The molecule has 1 fully saturated rings. The summed E-state index contributed by atoms with van der Waals surface area (Å²) in [6.45, 7) is 9.29. The lowest BCUT2D eigenvalue weighted by Crippen LogP contribution is -2.53. The van der Waals surface area contributed by atoms with Gasteiger partial charge < -0.3 is 15.4 Å². The molecule has 1 saturated heterocycles. The summed E-state index contributed by atoms with van der Waals surface area (Å²) in [6.07, 6.45) is 0. The van der Waals surface area contributed by atoms with Crippen molar-refractivity contribution in [2.24, 2.45) is 0 Å². The van der Waals surface area contributed by atoms with Gasteiger partial charge in [-0.2, -0.15) is 0 Å². The molecule has 3 rings (SSSR count). The second-order valence-electron chi connectivity index (χ2n) is 8.00. The predicted molar refractivity (Wildman–Crippen MR) is 124 cm³/mol. The molecule has 0 aromatic heterocycles. The Bertz CT molecular complexity index is 923. The molecule has 7 heteroatoms. The zero-order valence-electron chi connectivity index (χ0n) is 18.8. The molecule has 1 aliphatic rings. The first-order chi connectivity index (χ1) is 14.9. The van der Waals surface area contributed by atoms with E-state index in [1.165, 1.54) is 0 Å². The van der Waals surface area contributed by atoms with Crippen LogP contribution in [0.2, 0.25) is 0 Å². The van der Waals surface area contributed by atoms with Crippen LogP contribution in [0.15, 0.2) is 42.5 Å². The Morgan fingerprint density at radius 1 is 1.03 bits per heavy atom. The van der Waals surface area contributed by atoms with E-state index in [2.05, 4.69) is 20.4 Å². The van der Waals surface area contributed by atoms with Crippen molar-refractivity contribution in [1.82, 2.24) is 9.80 Å². The molecule has 2 aromatic rings. The largest absolute Gasteiger partial charge is 0.497 e. The third-order valence-corrected chi connectivity index (χ3v) is 5.92. The summed E-state index contributed by atoms with van der Waals surface area (Å²) in [5, 5.41) is 5.97. The third-order valence-electron chi connectivity index (χ3n) is 5.92. The van der Waals surface area contributed by atoms with Crippen LogP contribution in [0.25, 0.3) is 0 Å². The summed E-state index contributed by atoms with van der Waals surface area (Å²) in [5.74, 6) is 0.651. The maximum absolute atomic E-state index is 12.7. The fourth-order valence-corrected chi connectivity index (χ4v) is 3.70. The zero-order valence-corrected chi connectivity index (χ0v) is 18.8. The predicted octanol–water partition coefficient (Wildman–Crippen LogP) is 2.90. The van der Waals surface area contributed by atoms with Crippen molar-refractivity contribution in [2.45, 2.75) is 26.8 Å². The first-order valence-electron chi connectivity index (χ1n) is 10.6. The number of anilines is 2. The van der Waals surface area contributed by atoms with Gasteiger partial charge >= 0.3 is 0 Å². The highest BCUT2D eigenvalue weighted by molar-refractivity contribution is 5.95. The maximum atomic E-state index is 12.7. The lowest BCUT2D eigenvalue weighted by atomic mass is 10.1. The molecular weight excluding hydrogens is 392 g/mol. The van der Waals surface area contributed by atoms with Gasteiger partial charge in [-0.25, -0.2) is 0 Å². The van der Waals surface area contributed by atoms with Crippen molar-refractivity contribution in [3.05, 3.63) is 53.6 Å². The lowest BCUT2D eigenvalue weighted by Gasteiger charge is -2.37. The summed E-state index contributed by atoms with van der Waals surface area (Å²) in [4.78, 5) is 29.4. The van der Waals surface area contributed by atoms with Crippen LogP contribution in [0.1, 0.15) is 18.1 Å². The van der Waals surface area contributed by atoms with E-state index in [-0.39, 0.29) is 17.9 Å². The number of nitrogens with zero attached hydrogens (tertiary/aromatic N) is 2. The molecule has 0 saturated carbocycles. The molecule has 1 unspecified atom stereocenters. The van der Waals surface area contributed by atoms with Crippen molar-refractivity contribution in [3.8, 4) is 5.75 Å². The second kappa shape index (κ2) is 10.4. The van der Waals surface area contributed by atoms with Gasteiger partial charge in [0.2, 0.25) is 11.8 Å². The van der Waals surface area contributed by atoms with Crippen molar-refractivity contribution in [2.75, 3.05) is 50.5 Å². The minimum absolute atomic E-state index is 0.00836. The Labute approximate surface area is 184 Å². The number of carbonyl (C=O) groups excluding carboxylic acids is 2. The van der Waals surface area contributed by atoms with E-state index in [1.54, 1.807) is 13.2 Å². The summed E-state index contributed by atoms with van der Waals surface area (Å²) in [7, 11) is 1.60. The van der Waals surface area contributed by atoms with E-state index >= 15 is 0 Å². The van der Waals surface area contributed by atoms with Gasteiger partial charge in [0.25, 0.3) is 0 Å². The Balaban J connectivity index is 1.46. The molecule has 2 N–H and O–H groups in total. The van der Waals surface area contributed by atoms with Gasteiger partial charge in [-0.3, -0.25) is 19.4 Å². The van der Waals surface area contributed by atoms with Crippen LogP contribution in [0.4, 0.5) is 11.4 Å². The number of hydrogen-bond acceptors (Lipinski definition) is 5. The highest BCUT2D eigenvalue weighted by Gasteiger charge is 2.26. The molecule has 1 heterocycles. The molecule has 0 radical (unpaired) electrons. The number of hydrogen-bond donors (Lipinski definition) is 2. The van der Waals surface area contributed by atoms with Gasteiger partial charge in [-0.15, -0.1) is 0 Å². The zero-order chi connectivity index (χ0) is 22.4. The molecule has 2 aromatic carbocycles. The molecule has 31 heavy (non-hydrogen) atoms. The Hall–Kier alpha value is -2.90. The molecule has 0 aliphatic carbocycles. The number of rotatable bonds is 7. The van der Waals surface area contributed by atoms with E-state index in [1.807, 2.05) is 57.2 Å². The van der Waals surface area contributed by atoms with Crippen LogP contribution in [0.5, 0.6) is 5.75 Å². The van der Waals surface area contributed by atoms with Crippen molar-refractivity contribution < 1.29 is 14.3 Å². The van der Waals surface area contributed by atoms with Crippen LogP contribution in [0, 0.1) is 13.8 Å². The number of piperazine rings is 1. The van der Waals surface area contributed by atoms with Gasteiger partial charge in [0, 0.05) is 43.6 Å². The van der Waals surface area contributed by atoms with Crippen molar-refractivity contribution in [1.29, 1.82) is 0 Å². The molecule has 0 bridgehead atoms. The second-order valence-corrected chi connectivity index (χ2v) is 8.00. The molecule has 166 valence electrons. The quantitative estimate of drug-likeness (QED) is 0.715. The first-order valence-corrected chi connectivity index (χ1v) is 10.6. The van der Waals surface area contributed by atoms with Gasteiger partial charge in [-0.1, -0.05) is 18.2 Å². The van der Waals surface area contributed by atoms with Gasteiger partial charge in [0.15, 0.2) is 0 Å². The van der Waals surface area contributed by atoms with Gasteiger partial charge in [-0.05, 0) is 50.1 Å². The van der Waals surface area contributed by atoms with Crippen molar-refractivity contribution >= 4 is 23.2 Å². The molecular formula is C24H32N4O3. The SMILES string of the molecule is COc1cccc(NC(=O)C(C)N2CCN(CC(=O)Nc3cccc(C)c3C)CC2)c1. The Morgan fingerprint density at radius 2 is 1.74 bits per heavy atom. The standard InChI is InChI=1S/C24H32N4O3/c1-17-7-5-10-22(18(17)2)26-23(29)16-27-11-13-28(14-12-27)19(3)24(30)25-20-8-6-9-21(15-20)31-4/h5-10,15,19H,11-14,16H2,1-4H3,(H,25,30)(H,26,29). The van der Waals surface area contributed by atoms with Gasteiger partial charge in [0.1, 0.15) is 5.75 Å². The smallest absolute Gasteiger partial charge is 0.241 e. The number of amides is 2.